The van der Waals surface area contributed by atoms with Gasteiger partial charge in [0.05, 0.1) is 0 Å². The molecule has 4 heteroatoms. The minimum absolute atomic E-state index is 0.340. The number of rotatable bonds is 3. The fraction of sp³-hybridized carbons (Fsp3) is 0.667. The molecule has 1 fully saturated rings. The van der Waals surface area contributed by atoms with Crippen LogP contribution in [0.2, 0.25) is 5.28 Å². The zero-order valence-electron chi connectivity index (χ0n) is 9.69. The van der Waals surface area contributed by atoms with E-state index in [9.17, 15) is 0 Å². The molecule has 16 heavy (non-hydrogen) atoms. The van der Waals surface area contributed by atoms with Gasteiger partial charge in [0.25, 0.3) is 0 Å². The van der Waals surface area contributed by atoms with E-state index >= 15 is 0 Å². The highest BCUT2D eigenvalue weighted by Crippen LogP contribution is 2.26. The Balaban J connectivity index is 2.14. The van der Waals surface area contributed by atoms with Crippen LogP contribution in [0, 0.1) is 0 Å². The fourth-order valence-corrected chi connectivity index (χ4v) is 2.63. The molecular formula is C12H18ClN3. The van der Waals surface area contributed by atoms with Crippen molar-refractivity contribution in [1.82, 2.24) is 9.97 Å². The minimum atomic E-state index is 0.340. The molecule has 0 aliphatic heterocycles. The number of hydrogen-bond acceptors (Lipinski definition) is 3. The van der Waals surface area contributed by atoms with Crippen LogP contribution in [0.1, 0.15) is 39.0 Å². The Morgan fingerprint density at radius 2 is 2.12 bits per heavy atom. The summed E-state index contributed by atoms with van der Waals surface area (Å²) in [7, 11) is 0. The Morgan fingerprint density at radius 1 is 1.38 bits per heavy atom. The van der Waals surface area contributed by atoms with Crippen LogP contribution < -0.4 is 4.90 Å². The van der Waals surface area contributed by atoms with Gasteiger partial charge in [0.15, 0.2) is 0 Å². The summed E-state index contributed by atoms with van der Waals surface area (Å²) in [5.74, 6) is 0.967. The minimum Gasteiger partial charge on any atom is -0.354 e. The van der Waals surface area contributed by atoms with Gasteiger partial charge in [-0.3, -0.25) is 0 Å². The van der Waals surface area contributed by atoms with Gasteiger partial charge in [0, 0.05) is 18.8 Å². The van der Waals surface area contributed by atoms with Crippen LogP contribution >= 0.6 is 11.6 Å². The summed E-state index contributed by atoms with van der Waals surface area (Å²) in [5.41, 5.74) is 0. The maximum absolute atomic E-state index is 5.84. The fourth-order valence-electron chi connectivity index (χ4n) is 2.49. The molecule has 0 saturated heterocycles. The van der Waals surface area contributed by atoms with Crippen LogP contribution in [0.5, 0.6) is 0 Å². The molecule has 0 amide bonds. The van der Waals surface area contributed by atoms with Crippen LogP contribution in [0.3, 0.4) is 0 Å². The van der Waals surface area contributed by atoms with E-state index < -0.39 is 0 Å². The average Bonchev–Trinajstić information content (AvgIpc) is 2.31. The lowest BCUT2D eigenvalue weighted by Gasteiger charge is -2.34. The lowest BCUT2D eigenvalue weighted by atomic mass is 9.94. The molecule has 1 aromatic rings. The summed E-state index contributed by atoms with van der Waals surface area (Å²) in [6, 6.07) is 2.58. The molecular weight excluding hydrogens is 222 g/mol. The van der Waals surface area contributed by atoms with Gasteiger partial charge < -0.3 is 4.90 Å². The van der Waals surface area contributed by atoms with Crippen molar-refractivity contribution in [3.05, 3.63) is 17.5 Å². The van der Waals surface area contributed by atoms with Gasteiger partial charge in [-0.2, -0.15) is 0 Å². The topological polar surface area (TPSA) is 29.0 Å². The zero-order valence-corrected chi connectivity index (χ0v) is 10.5. The van der Waals surface area contributed by atoms with Crippen LogP contribution in [-0.4, -0.2) is 22.6 Å². The van der Waals surface area contributed by atoms with Crippen molar-refractivity contribution in [2.45, 2.75) is 45.1 Å². The molecule has 1 saturated carbocycles. The van der Waals surface area contributed by atoms with Crippen LogP contribution in [0.25, 0.3) is 0 Å². The predicted molar refractivity (Wildman–Crippen MR) is 66.9 cm³/mol. The Morgan fingerprint density at radius 3 is 2.75 bits per heavy atom. The van der Waals surface area contributed by atoms with E-state index in [1.54, 1.807) is 6.20 Å². The Hall–Kier alpha value is -0.830. The third-order valence-corrected chi connectivity index (χ3v) is 3.44. The number of hydrogen-bond donors (Lipinski definition) is 0. The molecule has 0 aromatic carbocycles. The highest BCUT2D eigenvalue weighted by atomic mass is 35.5. The summed E-state index contributed by atoms with van der Waals surface area (Å²) in [4.78, 5) is 10.6. The smallest absolute Gasteiger partial charge is 0.224 e. The van der Waals surface area contributed by atoms with Gasteiger partial charge in [0.2, 0.25) is 5.28 Å². The van der Waals surface area contributed by atoms with E-state index in [2.05, 4.69) is 21.8 Å². The van der Waals surface area contributed by atoms with Crippen LogP contribution in [0.4, 0.5) is 5.82 Å². The Kier molecular flexibility index (Phi) is 3.99. The highest BCUT2D eigenvalue weighted by Gasteiger charge is 2.21. The number of aromatic nitrogens is 2. The summed E-state index contributed by atoms with van der Waals surface area (Å²) < 4.78 is 0. The van der Waals surface area contributed by atoms with E-state index in [4.69, 9.17) is 11.6 Å². The molecule has 2 rings (SSSR count). The summed E-state index contributed by atoms with van der Waals surface area (Å²) >= 11 is 5.84. The van der Waals surface area contributed by atoms with Gasteiger partial charge in [0.1, 0.15) is 5.82 Å². The van der Waals surface area contributed by atoms with Crippen molar-refractivity contribution in [2.24, 2.45) is 0 Å². The first-order chi connectivity index (χ1) is 7.81. The molecule has 0 spiro atoms. The maximum Gasteiger partial charge on any atom is 0.224 e. The third kappa shape index (κ3) is 2.64. The first kappa shape index (κ1) is 11.6. The summed E-state index contributed by atoms with van der Waals surface area (Å²) in [6.45, 7) is 3.16. The SMILES string of the molecule is CCN(c1ccnc(Cl)n1)C1CCCCC1. The monoisotopic (exact) mass is 239 g/mol. The largest absolute Gasteiger partial charge is 0.354 e. The zero-order chi connectivity index (χ0) is 11.4. The standard InChI is InChI=1S/C12H18ClN3/c1-2-16(10-6-4-3-5-7-10)11-8-9-14-12(13)15-11/h8-10H,2-7H2,1H3. The van der Waals surface area contributed by atoms with Crippen LogP contribution in [-0.2, 0) is 0 Å². The Bertz CT molecular complexity index is 337. The van der Waals surface area contributed by atoms with Crippen molar-refractivity contribution in [3.63, 3.8) is 0 Å². The number of nitrogens with zero attached hydrogens (tertiary/aromatic N) is 3. The van der Waals surface area contributed by atoms with Crippen molar-refractivity contribution >= 4 is 17.4 Å². The Labute approximate surface area is 102 Å². The molecule has 0 atom stereocenters. The molecule has 0 bridgehead atoms. The highest BCUT2D eigenvalue weighted by molar-refractivity contribution is 6.28. The van der Waals surface area contributed by atoms with Gasteiger partial charge in [-0.05, 0) is 37.4 Å². The first-order valence-electron chi connectivity index (χ1n) is 6.06. The lowest BCUT2D eigenvalue weighted by Crippen LogP contribution is -2.37. The maximum atomic E-state index is 5.84. The molecule has 0 N–H and O–H groups in total. The predicted octanol–water partition coefficient (Wildman–Crippen LogP) is 3.29. The molecule has 1 aliphatic rings. The van der Waals surface area contributed by atoms with Gasteiger partial charge in [-0.1, -0.05) is 19.3 Å². The van der Waals surface area contributed by atoms with Crippen molar-refractivity contribution < 1.29 is 0 Å². The molecule has 1 aliphatic carbocycles. The van der Waals surface area contributed by atoms with Gasteiger partial charge >= 0.3 is 0 Å². The number of halogens is 1. The lowest BCUT2D eigenvalue weighted by molar-refractivity contribution is 0.416. The second-order valence-electron chi connectivity index (χ2n) is 4.26. The second kappa shape index (κ2) is 5.48. The summed E-state index contributed by atoms with van der Waals surface area (Å²) in [6.07, 6.45) is 8.32. The molecule has 1 aromatic heterocycles. The molecule has 1 heterocycles. The van der Waals surface area contributed by atoms with Crippen molar-refractivity contribution in [3.8, 4) is 0 Å². The molecule has 0 unspecified atom stereocenters. The van der Waals surface area contributed by atoms with Crippen LogP contribution in [0.15, 0.2) is 12.3 Å². The first-order valence-corrected chi connectivity index (χ1v) is 6.44. The quantitative estimate of drug-likeness (QED) is 0.758. The average molecular weight is 240 g/mol. The third-order valence-electron chi connectivity index (χ3n) is 3.26. The van der Waals surface area contributed by atoms with Gasteiger partial charge in [-0.25, -0.2) is 9.97 Å². The number of anilines is 1. The van der Waals surface area contributed by atoms with E-state index in [1.807, 2.05) is 6.07 Å². The molecule has 88 valence electrons. The molecule has 0 radical (unpaired) electrons. The van der Waals surface area contributed by atoms with E-state index in [0.717, 1.165) is 12.4 Å². The van der Waals surface area contributed by atoms with Crippen molar-refractivity contribution in [2.75, 3.05) is 11.4 Å². The van der Waals surface area contributed by atoms with E-state index in [1.165, 1.54) is 32.1 Å². The normalized spacial score (nSPS) is 17.4. The van der Waals surface area contributed by atoms with Crippen molar-refractivity contribution in [1.29, 1.82) is 0 Å². The molecule has 3 nitrogen and oxygen atoms in total. The van der Waals surface area contributed by atoms with E-state index in [-0.39, 0.29) is 0 Å². The second-order valence-corrected chi connectivity index (χ2v) is 4.60. The van der Waals surface area contributed by atoms with E-state index in [0.29, 0.717) is 11.3 Å². The van der Waals surface area contributed by atoms with Gasteiger partial charge in [-0.15, -0.1) is 0 Å². The summed E-state index contributed by atoms with van der Waals surface area (Å²) in [5, 5.41) is 0.340.